The van der Waals surface area contributed by atoms with E-state index in [0.29, 0.717) is 17.9 Å². The summed E-state index contributed by atoms with van der Waals surface area (Å²) in [7, 11) is 0. The minimum absolute atomic E-state index is 0.154. The molecular weight excluding hydrogens is 290 g/mol. The Morgan fingerprint density at radius 1 is 1.04 bits per heavy atom. The van der Waals surface area contributed by atoms with Crippen LogP contribution in [-0.4, -0.2) is 35.0 Å². The number of carbonyl (C=O) groups excluding carboxylic acids is 1. The minimum atomic E-state index is -0.731. The Hall–Kier alpha value is -1.06. The largest absolute Gasteiger partial charge is 0.481 e. The third kappa shape index (κ3) is 3.14. The molecule has 0 radical (unpaired) electrons. The van der Waals surface area contributed by atoms with Gasteiger partial charge >= 0.3 is 5.97 Å². The molecule has 1 N–H and O–H groups in total. The molecular formula is C19H29NO3. The molecule has 5 rings (SSSR count). The molecule has 1 amide bonds. The lowest BCUT2D eigenvalue weighted by molar-refractivity contribution is -0.144. The van der Waals surface area contributed by atoms with Gasteiger partial charge in [0.2, 0.25) is 5.91 Å². The normalized spacial score (nSPS) is 42.0. The first-order valence-electron chi connectivity index (χ1n) is 9.51. The zero-order valence-electron chi connectivity index (χ0n) is 14.0. The van der Waals surface area contributed by atoms with Crippen LogP contribution in [0.25, 0.3) is 0 Å². The van der Waals surface area contributed by atoms with Crippen LogP contribution in [0, 0.1) is 29.1 Å². The minimum Gasteiger partial charge on any atom is -0.481 e. The number of nitrogens with zero attached hydrogens (tertiary/aromatic N) is 1. The number of piperidine rings is 1. The molecule has 1 atom stereocenters. The van der Waals surface area contributed by atoms with Crippen LogP contribution in [0.15, 0.2) is 0 Å². The quantitative estimate of drug-likeness (QED) is 0.865. The number of carboxylic acid groups (broad SMARTS) is 1. The van der Waals surface area contributed by atoms with Crippen molar-refractivity contribution in [3.63, 3.8) is 0 Å². The van der Waals surface area contributed by atoms with E-state index < -0.39 is 5.97 Å². The summed E-state index contributed by atoms with van der Waals surface area (Å²) in [5.74, 6) is 2.38. The SMILES string of the molecule is O=C(O)CC1CCCN(C(=O)CC23CC4CC(CC(C4)C2)C3)C1. The molecule has 1 aliphatic heterocycles. The maximum atomic E-state index is 12.9. The van der Waals surface area contributed by atoms with Gasteiger partial charge in [0.05, 0.1) is 0 Å². The number of carbonyl (C=O) groups is 2. The summed E-state index contributed by atoms with van der Waals surface area (Å²) in [4.78, 5) is 25.8. The van der Waals surface area contributed by atoms with Crippen LogP contribution in [0.4, 0.5) is 0 Å². The van der Waals surface area contributed by atoms with E-state index >= 15 is 0 Å². The molecule has 1 unspecified atom stereocenters. The van der Waals surface area contributed by atoms with E-state index in [1.165, 1.54) is 38.5 Å². The van der Waals surface area contributed by atoms with Crippen LogP contribution in [-0.2, 0) is 9.59 Å². The number of carboxylic acids is 1. The summed E-state index contributed by atoms with van der Waals surface area (Å²) in [5, 5.41) is 9.00. The maximum Gasteiger partial charge on any atom is 0.303 e. The Labute approximate surface area is 138 Å². The number of likely N-dealkylation sites (tertiary alicyclic amines) is 1. The second-order valence-corrected chi connectivity index (χ2v) is 9.04. The van der Waals surface area contributed by atoms with Gasteiger partial charge in [0.1, 0.15) is 0 Å². The fourth-order valence-corrected chi connectivity index (χ4v) is 6.64. The number of aliphatic carboxylic acids is 1. The summed E-state index contributed by atoms with van der Waals surface area (Å²) in [6.07, 6.45) is 10.9. The monoisotopic (exact) mass is 319 g/mol. The third-order valence-corrected chi connectivity index (χ3v) is 7.03. The van der Waals surface area contributed by atoms with Crippen LogP contribution in [0.5, 0.6) is 0 Å². The third-order valence-electron chi connectivity index (χ3n) is 7.03. The van der Waals surface area contributed by atoms with Crippen molar-refractivity contribution in [3.05, 3.63) is 0 Å². The average Bonchev–Trinajstić information content (AvgIpc) is 2.44. The van der Waals surface area contributed by atoms with Crippen molar-refractivity contribution in [3.8, 4) is 0 Å². The highest BCUT2D eigenvalue weighted by atomic mass is 16.4. The van der Waals surface area contributed by atoms with Crippen LogP contribution in [0.3, 0.4) is 0 Å². The van der Waals surface area contributed by atoms with Crippen LogP contribution >= 0.6 is 0 Å². The summed E-state index contributed by atoms with van der Waals surface area (Å²) >= 11 is 0. The molecule has 4 saturated carbocycles. The molecule has 4 nitrogen and oxygen atoms in total. The summed E-state index contributed by atoms with van der Waals surface area (Å²) < 4.78 is 0. The zero-order chi connectivity index (χ0) is 16.0. The first-order chi connectivity index (χ1) is 11.0. The molecule has 4 heteroatoms. The van der Waals surface area contributed by atoms with Gasteiger partial charge < -0.3 is 10.0 Å². The Bertz CT molecular complexity index is 466. The van der Waals surface area contributed by atoms with Crippen molar-refractivity contribution in [2.75, 3.05) is 13.1 Å². The Morgan fingerprint density at radius 2 is 1.65 bits per heavy atom. The van der Waals surface area contributed by atoms with Crippen molar-refractivity contribution in [2.45, 2.75) is 64.2 Å². The Kier molecular flexibility index (Phi) is 3.89. The highest BCUT2D eigenvalue weighted by molar-refractivity contribution is 5.77. The van der Waals surface area contributed by atoms with Crippen molar-refractivity contribution < 1.29 is 14.7 Å². The fraction of sp³-hybridized carbons (Fsp3) is 0.895. The molecule has 0 spiro atoms. The van der Waals surface area contributed by atoms with E-state index in [0.717, 1.165) is 43.6 Å². The lowest BCUT2D eigenvalue weighted by Crippen LogP contribution is -2.49. The molecule has 0 aromatic carbocycles. The molecule has 128 valence electrons. The van der Waals surface area contributed by atoms with E-state index in [4.69, 9.17) is 5.11 Å². The molecule has 5 fully saturated rings. The van der Waals surface area contributed by atoms with Crippen molar-refractivity contribution >= 4 is 11.9 Å². The number of rotatable bonds is 4. The first kappa shape index (κ1) is 15.5. The van der Waals surface area contributed by atoms with Gasteiger partial charge in [0.15, 0.2) is 0 Å². The fourth-order valence-electron chi connectivity index (χ4n) is 6.64. The van der Waals surface area contributed by atoms with Crippen LogP contribution in [0.2, 0.25) is 0 Å². The summed E-state index contributed by atoms with van der Waals surface area (Å²) in [6.45, 7) is 1.50. The van der Waals surface area contributed by atoms with Crippen molar-refractivity contribution in [1.29, 1.82) is 0 Å². The van der Waals surface area contributed by atoms with E-state index in [-0.39, 0.29) is 12.3 Å². The lowest BCUT2D eigenvalue weighted by atomic mass is 9.49. The van der Waals surface area contributed by atoms with Gasteiger partial charge in [0.25, 0.3) is 0 Å². The highest BCUT2D eigenvalue weighted by Crippen LogP contribution is 2.61. The molecule has 4 bridgehead atoms. The topological polar surface area (TPSA) is 57.6 Å². The Balaban J connectivity index is 1.39. The summed E-state index contributed by atoms with van der Waals surface area (Å²) in [5.41, 5.74) is 0.297. The van der Waals surface area contributed by atoms with Gasteiger partial charge in [-0.25, -0.2) is 0 Å². The van der Waals surface area contributed by atoms with Gasteiger partial charge in [-0.1, -0.05) is 0 Å². The summed E-state index contributed by atoms with van der Waals surface area (Å²) in [6, 6.07) is 0. The molecule has 0 aromatic rings. The standard InChI is InChI=1S/C19H29NO3/c21-17(20-3-1-2-13(12-20)7-18(22)23)11-19-8-14-4-15(9-19)6-16(5-14)10-19/h13-16H,1-12H2,(H,22,23). The van der Waals surface area contributed by atoms with Gasteiger partial charge in [0, 0.05) is 25.9 Å². The lowest BCUT2D eigenvalue weighted by Gasteiger charge is -2.57. The van der Waals surface area contributed by atoms with Gasteiger partial charge in [-0.15, -0.1) is 0 Å². The maximum absolute atomic E-state index is 12.9. The second kappa shape index (κ2) is 5.78. The zero-order valence-corrected chi connectivity index (χ0v) is 14.0. The van der Waals surface area contributed by atoms with E-state index in [1.807, 2.05) is 4.90 Å². The van der Waals surface area contributed by atoms with Gasteiger partial charge in [-0.05, 0) is 80.5 Å². The highest BCUT2D eigenvalue weighted by Gasteiger charge is 2.51. The average molecular weight is 319 g/mol. The molecule has 1 heterocycles. The molecule has 5 aliphatic rings. The van der Waals surface area contributed by atoms with Crippen molar-refractivity contribution in [1.82, 2.24) is 4.90 Å². The molecule has 23 heavy (non-hydrogen) atoms. The Morgan fingerprint density at radius 3 is 2.22 bits per heavy atom. The second-order valence-electron chi connectivity index (χ2n) is 9.04. The van der Waals surface area contributed by atoms with Gasteiger partial charge in [-0.3, -0.25) is 9.59 Å². The molecule has 0 aromatic heterocycles. The van der Waals surface area contributed by atoms with Crippen LogP contribution < -0.4 is 0 Å². The smallest absolute Gasteiger partial charge is 0.303 e. The van der Waals surface area contributed by atoms with Crippen LogP contribution in [0.1, 0.15) is 64.2 Å². The molecule has 4 aliphatic carbocycles. The van der Waals surface area contributed by atoms with Gasteiger partial charge in [-0.2, -0.15) is 0 Å². The van der Waals surface area contributed by atoms with E-state index in [1.54, 1.807) is 0 Å². The number of hydrogen-bond donors (Lipinski definition) is 1. The predicted molar refractivity (Wildman–Crippen MR) is 86.8 cm³/mol. The van der Waals surface area contributed by atoms with Crippen molar-refractivity contribution in [2.24, 2.45) is 29.1 Å². The first-order valence-corrected chi connectivity index (χ1v) is 9.51. The van der Waals surface area contributed by atoms with E-state index in [2.05, 4.69) is 0 Å². The van der Waals surface area contributed by atoms with E-state index in [9.17, 15) is 9.59 Å². The number of hydrogen-bond acceptors (Lipinski definition) is 2. The molecule has 1 saturated heterocycles. The number of amides is 1. The predicted octanol–water partition coefficient (Wildman–Crippen LogP) is 3.31.